The number of allylic oxidation sites excluding steroid dienone is 2. The first-order valence-electron chi connectivity index (χ1n) is 3.36. The van der Waals surface area contributed by atoms with Crippen LogP contribution < -0.4 is 0 Å². The van der Waals surface area contributed by atoms with Crippen molar-refractivity contribution >= 4 is 18.3 Å². The number of fused-ring (bicyclic) bond motifs is 1. The molecule has 11 heavy (non-hydrogen) atoms. The van der Waals surface area contributed by atoms with Crippen molar-refractivity contribution in [3.05, 3.63) is 23.9 Å². The molecule has 0 aliphatic carbocycles. The van der Waals surface area contributed by atoms with Gasteiger partial charge in [0, 0.05) is 18.0 Å². The second-order valence-corrected chi connectivity index (χ2v) is 2.36. The van der Waals surface area contributed by atoms with E-state index in [4.69, 9.17) is 0 Å². The summed E-state index contributed by atoms with van der Waals surface area (Å²) in [7, 11) is 0. The molecule has 0 aromatic rings. The van der Waals surface area contributed by atoms with Crippen LogP contribution in [-0.4, -0.2) is 18.3 Å². The Morgan fingerprint density at radius 3 is 3.27 bits per heavy atom. The molecule has 0 spiro atoms. The Hall–Kier alpha value is -1.51. The molecule has 2 heterocycles. The minimum absolute atomic E-state index is 0.148. The summed E-state index contributed by atoms with van der Waals surface area (Å²) < 4.78 is 0. The van der Waals surface area contributed by atoms with Gasteiger partial charge in [0.1, 0.15) is 6.29 Å². The van der Waals surface area contributed by atoms with Crippen molar-refractivity contribution in [2.75, 3.05) is 0 Å². The highest BCUT2D eigenvalue weighted by atomic mass is 16.1. The maximum Gasteiger partial charge on any atom is 0.156 e. The molecule has 3 heteroatoms. The number of rotatable bonds is 1. The van der Waals surface area contributed by atoms with E-state index in [1.54, 1.807) is 18.5 Å². The van der Waals surface area contributed by atoms with E-state index in [1.165, 1.54) is 0 Å². The lowest BCUT2D eigenvalue weighted by Gasteiger charge is -2.09. The Kier molecular flexibility index (Phi) is 1.28. The molecule has 1 atom stereocenters. The molecule has 2 aliphatic heterocycles. The molecule has 54 valence electrons. The summed E-state index contributed by atoms with van der Waals surface area (Å²) in [6.45, 7) is 0. The standard InChI is InChI=1S/C8H6N2O/c11-5-6-1-3-9-8-7(6)2-4-10-8/h1-6H/t6-/m1/s1. The maximum absolute atomic E-state index is 10.5. The van der Waals surface area contributed by atoms with Crippen LogP contribution in [0.4, 0.5) is 0 Å². The van der Waals surface area contributed by atoms with Crippen LogP contribution in [0.3, 0.4) is 0 Å². The summed E-state index contributed by atoms with van der Waals surface area (Å²) in [5, 5.41) is 0. The van der Waals surface area contributed by atoms with Crippen molar-refractivity contribution in [1.29, 1.82) is 0 Å². The molecule has 0 aromatic heterocycles. The van der Waals surface area contributed by atoms with Gasteiger partial charge in [-0.25, -0.2) is 9.98 Å². The number of aliphatic imine (C=N–C) groups is 2. The van der Waals surface area contributed by atoms with Gasteiger partial charge < -0.3 is 4.79 Å². The molecule has 0 saturated carbocycles. The third-order valence-electron chi connectivity index (χ3n) is 1.71. The van der Waals surface area contributed by atoms with Crippen molar-refractivity contribution in [3.8, 4) is 0 Å². The summed E-state index contributed by atoms with van der Waals surface area (Å²) in [6, 6.07) is 0. The van der Waals surface area contributed by atoms with Crippen molar-refractivity contribution in [2.45, 2.75) is 0 Å². The summed E-state index contributed by atoms with van der Waals surface area (Å²) >= 11 is 0. The number of aldehydes is 1. The molecule has 0 bridgehead atoms. The van der Waals surface area contributed by atoms with Crippen LogP contribution in [0.2, 0.25) is 0 Å². The molecule has 0 unspecified atom stereocenters. The predicted octanol–water partition coefficient (Wildman–Crippen LogP) is 0.738. The number of amidine groups is 1. The largest absolute Gasteiger partial charge is 0.302 e. The van der Waals surface area contributed by atoms with Crippen LogP contribution in [0.15, 0.2) is 33.9 Å². The first-order chi connectivity index (χ1) is 5.42. The highest BCUT2D eigenvalue weighted by Gasteiger charge is 2.20. The molecule has 0 amide bonds. The maximum atomic E-state index is 10.5. The first kappa shape index (κ1) is 6.22. The monoisotopic (exact) mass is 146 g/mol. The van der Waals surface area contributed by atoms with E-state index in [0.717, 1.165) is 11.9 Å². The van der Waals surface area contributed by atoms with Gasteiger partial charge in [-0.3, -0.25) is 0 Å². The fourth-order valence-corrected chi connectivity index (χ4v) is 1.13. The summed E-state index contributed by atoms with van der Waals surface area (Å²) in [4.78, 5) is 18.5. The van der Waals surface area contributed by atoms with Gasteiger partial charge in [-0.2, -0.15) is 0 Å². The van der Waals surface area contributed by atoms with Crippen LogP contribution in [0.25, 0.3) is 0 Å². The van der Waals surface area contributed by atoms with Crippen LogP contribution in [0.5, 0.6) is 0 Å². The summed E-state index contributed by atoms with van der Waals surface area (Å²) in [6.07, 6.45) is 7.76. The van der Waals surface area contributed by atoms with Gasteiger partial charge in [-0.05, 0) is 6.08 Å². The van der Waals surface area contributed by atoms with Gasteiger partial charge in [0.05, 0.1) is 5.92 Å². The predicted molar refractivity (Wildman–Crippen MR) is 42.7 cm³/mol. The Balaban J connectivity index is 2.41. The van der Waals surface area contributed by atoms with E-state index < -0.39 is 0 Å². The van der Waals surface area contributed by atoms with Crippen molar-refractivity contribution < 1.29 is 4.79 Å². The van der Waals surface area contributed by atoms with E-state index in [2.05, 4.69) is 9.98 Å². The van der Waals surface area contributed by atoms with Gasteiger partial charge in [0.15, 0.2) is 5.84 Å². The normalized spacial score (nSPS) is 26.0. The van der Waals surface area contributed by atoms with Crippen LogP contribution in [0.1, 0.15) is 0 Å². The third kappa shape index (κ3) is 0.852. The molecule has 3 nitrogen and oxygen atoms in total. The Labute approximate surface area is 63.9 Å². The number of hydrogen-bond donors (Lipinski definition) is 0. The first-order valence-corrected chi connectivity index (χ1v) is 3.36. The molecule has 0 radical (unpaired) electrons. The molecule has 0 fully saturated rings. The molecular weight excluding hydrogens is 140 g/mol. The Morgan fingerprint density at radius 1 is 1.55 bits per heavy atom. The SMILES string of the molecule is O=C[C@H]1C=CN=C2N=CC=C21. The Morgan fingerprint density at radius 2 is 2.45 bits per heavy atom. The number of carbonyl (C=O) groups excluding carboxylic acids is 1. The van der Waals surface area contributed by atoms with Gasteiger partial charge in [0.25, 0.3) is 0 Å². The highest BCUT2D eigenvalue weighted by molar-refractivity contribution is 6.13. The average molecular weight is 146 g/mol. The second kappa shape index (κ2) is 2.27. The second-order valence-electron chi connectivity index (χ2n) is 2.36. The van der Waals surface area contributed by atoms with E-state index >= 15 is 0 Å². The van der Waals surface area contributed by atoms with E-state index in [0.29, 0.717) is 5.84 Å². The molecule has 2 aliphatic rings. The van der Waals surface area contributed by atoms with E-state index in [1.807, 2.05) is 6.08 Å². The number of carbonyl (C=O) groups is 1. The molecule has 0 aromatic carbocycles. The van der Waals surface area contributed by atoms with Crippen molar-refractivity contribution in [1.82, 2.24) is 0 Å². The molecule has 2 rings (SSSR count). The van der Waals surface area contributed by atoms with Crippen LogP contribution in [-0.2, 0) is 4.79 Å². The third-order valence-corrected chi connectivity index (χ3v) is 1.71. The summed E-state index contributed by atoms with van der Waals surface area (Å²) in [5.74, 6) is 0.523. The Bertz CT molecular complexity index is 310. The fourth-order valence-electron chi connectivity index (χ4n) is 1.13. The zero-order chi connectivity index (χ0) is 7.68. The molecular formula is C8H6N2O. The van der Waals surface area contributed by atoms with E-state index in [-0.39, 0.29) is 5.92 Å². The lowest BCUT2D eigenvalue weighted by molar-refractivity contribution is -0.109. The highest BCUT2D eigenvalue weighted by Crippen LogP contribution is 2.20. The van der Waals surface area contributed by atoms with Gasteiger partial charge in [-0.15, -0.1) is 0 Å². The lowest BCUT2D eigenvalue weighted by Crippen LogP contribution is -2.11. The zero-order valence-corrected chi connectivity index (χ0v) is 5.77. The van der Waals surface area contributed by atoms with Crippen molar-refractivity contribution in [3.63, 3.8) is 0 Å². The molecule has 0 N–H and O–H groups in total. The van der Waals surface area contributed by atoms with Gasteiger partial charge in [-0.1, -0.05) is 6.08 Å². The van der Waals surface area contributed by atoms with Gasteiger partial charge in [0.2, 0.25) is 0 Å². The minimum Gasteiger partial charge on any atom is -0.302 e. The number of nitrogens with zero attached hydrogens (tertiary/aromatic N) is 2. The number of hydrogen-bond acceptors (Lipinski definition) is 3. The van der Waals surface area contributed by atoms with Crippen LogP contribution >= 0.6 is 0 Å². The fraction of sp³-hybridized carbons (Fsp3) is 0.125. The van der Waals surface area contributed by atoms with Crippen LogP contribution in [0, 0.1) is 5.92 Å². The lowest BCUT2D eigenvalue weighted by atomic mass is 9.99. The summed E-state index contributed by atoms with van der Waals surface area (Å²) in [5.41, 5.74) is 0.905. The zero-order valence-electron chi connectivity index (χ0n) is 5.77. The molecule has 0 saturated heterocycles. The topological polar surface area (TPSA) is 41.8 Å². The van der Waals surface area contributed by atoms with E-state index in [9.17, 15) is 4.79 Å². The quantitative estimate of drug-likeness (QED) is 0.503. The van der Waals surface area contributed by atoms with Gasteiger partial charge >= 0.3 is 0 Å². The minimum atomic E-state index is -0.148. The smallest absolute Gasteiger partial charge is 0.156 e. The average Bonchev–Trinajstić information content (AvgIpc) is 2.50. The van der Waals surface area contributed by atoms with Crippen molar-refractivity contribution in [2.24, 2.45) is 15.9 Å².